The number of aryl methyl sites for hydroxylation is 1. The van der Waals surface area contributed by atoms with Crippen LogP contribution in [-0.4, -0.2) is 51.3 Å². The number of aromatic nitrogens is 2. The Hall–Kier alpha value is -4.39. The number of carboxylic acids is 1. The third kappa shape index (κ3) is 6.11. The molecule has 10 heteroatoms. The molecule has 0 saturated carbocycles. The number of ether oxygens (including phenoxy) is 1. The van der Waals surface area contributed by atoms with Crippen LogP contribution in [0.15, 0.2) is 40.9 Å². The van der Waals surface area contributed by atoms with E-state index in [-0.39, 0.29) is 12.0 Å². The number of nitriles is 1. The second kappa shape index (κ2) is 11.8. The van der Waals surface area contributed by atoms with Crippen LogP contribution in [-0.2, 0) is 17.6 Å². The van der Waals surface area contributed by atoms with Crippen molar-refractivity contribution in [3.63, 3.8) is 0 Å². The summed E-state index contributed by atoms with van der Waals surface area (Å²) < 4.78 is 11.1. The molecule has 5 rings (SSSR count). The highest BCUT2D eigenvalue weighted by molar-refractivity contribution is 5.73. The number of amides is 2. The van der Waals surface area contributed by atoms with Crippen LogP contribution in [0.4, 0.5) is 4.79 Å². The van der Waals surface area contributed by atoms with E-state index in [9.17, 15) is 14.9 Å². The number of carbonyl (C=O) groups is 2. The van der Waals surface area contributed by atoms with Crippen molar-refractivity contribution in [3.8, 4) is 34.7 Å². The maximum absolute atomic E-state index is 10.6. The monoisotopic (exact) mass is 517 g/mol. The number of fused-ring (bicyclic) bond motifs is 1. The molecule has 2 aliphatic rings. The highest BCUT2D eigenvalue weighted by Crippen LogP contribution is 2.33. The van der Waals surface area contributed by atoms with Crippen molar-refractivity contribution in [2.24, 2.45) is 11.7 Å². The Balaban J connectivity index is 0.000000236. The highest BCUT2D eigenvalue weighted by atomic mass is 16.5. The van der Waals surface area contributed by atoms with Crippen molar-refractivity contribution in [1.29, 1.82) is 5.26 Å². The van der Waals surface area contributed by atoms with E-state index in [0.29, 0.717) is 54.5 Å². The average Bonchev–Trinajstić information content (AvgIpc) is 3.59. The van der Waals surface area contributed by atoms with E-state index in [0.717, 1.165) is 18.4 Å². The second-order valence-electron chi connectivity index (χ2n) is 9.65. The molecule has 2 heterocycles. The Labute approximate surface area is 221 Å². The molecule has 1 aliphatic heterocycles. The number of rotatable bonds is 5. The minimum atomic E-state index is -0.779. The van der Waals surface area contributed by atoms with Gasteiger partial charge in [0.2, 0.25) is 5.82 Å². The number of carbonyl (C=O) groups excluding carboxylic acids is 1. The summed E-state index contributed by atoms with van der Waals surface area (Å²) in [7, 11) is 0. The number of aliphatic carboxylic acids is 1. The van der Waals surface area contributed by atoms with Crippen molar-refractivity contribution in [2.45, 2.75) is 52.1 Å². The molecule has 0 spiro atoms. The van der Waals surface area contributed by atoms with Crippen LogP contribution in [0, 0.1) is 17.2 Å². The maximum atomic E-state index is 10.6. The summed E-state index contributed by atoms with van der Waals surface area (Å²) in [5.41, 5.74) is 9.92. The van der Waals surface area contributed by atoms with Crippen molar-refractivity contribution >= 4 is 12.0 Å². The van der Waals surface area contributed by atoms with Crippen LogP contribution in [0.1, 0.15) is 49.8 Å². The summed E-state index contributed by atoms with van der Waals surface area (Å²) >= 11 is 0. The summed E-state index contributed by atoms with van der Waals surface area (Å²) in [5, 5.41) is 22.2. The third-order valence-electron chi connectivity index (χ3n) is 6.68. The lowest BCUT2D eigenvalue weighted by atomic mass is 9.97. The standard InChI is InChI=1S/C21H19N3O2.C7H12N2O3/c1-13(2)25-19-10-9-15(11-16(19)12-22)21-23-20(24-26-21)18-8-4-6-14-5-3-7-17(14)18;8-7(12)9-3-1-5(2-4-9)6(10)11/h4,6,8-11,13H,3,5,7H2,1-2H3;5H,1-4H2,(H2,8,12)(H,10,11). The lowest BCUT2D eigenvalue weighted by molar-refractivity contribution is -0.143. The van der Waals surface area contributed by atoms with E-state index in [1.54, 1.807) is 12.1 Å². The highest BCUT2D eigenvalue weighted by Gasteiger charge is 2.25. The van der Waals surface area contributed by atoms with E-state index in [4.69, 9.17) is 20.1 Å². The van der Waals surface area contributed by atoms with Crippen molar-refractivity contribution in [2.75, 3.05) is 13.1 Å². The number of likely N-dealkylation sites (tertiary alicyclic amines) is 1. The number of nitrogens with two attached hydrogens (primary N) is 1. The molecular weight excluding hydrogens is 486 g/mol. The van der Waals surface area contributed by atoms with Gasteiger partial charge < -0.3 is 25.0 Å². The molecule has 198 valence electrons. The van der Waals surface area contributed by atoms with Gasteiger partial charge >= 0.3 is 12.0 Å². The second-order valence-corrected chi connectivity index (χ2v) is 9.65. The number of primary amides is 1. The Kier molecular flexibility index (Phi) is 8.26. The van der Waals surface area contributed by atoms with E-state index in [2.05, 4.69) is 22.3 Å². The fourth-order valence-electron chi connectivity index (χ4n) is 4.73. The van der Waals surface area contributed by atoms with Gasteiger partial charge in [-0.25, -0.2) is 4.79 Å². The normalized spacial score (nSPS) is 14.8. The Morgan fingerprint density at radius 2 is 1.97 bits per heavy atom. The number of hydrogen-bond acceptors (Lipinski definition) is 7. The number of carboxylic acid groups (broad SMARTS) is 1. The first-order chi connectivity index (χ1) is 18.3. The molecule has 3 N–H and O–H groups in total. The zero-order valence-corrected chi connectivity index (χ0v) is 21.5. The molecule has 10 nitrogen and oxygen atoms in total. The van der Waals surface area contributed by atoms with Crippen LogP contribution in [0.2, 0.25) is 0 Å². The SMILES string of the molecule is CC(C)Oc1ccc(-c2nc(-c3cccc4c3CCC4)no2)cc1C#N.NC(=O)N1CCC(C(=O)O)CC1. The largest absolute Gasteiger partial charge is 0.490 e. The number of nitrogens with zero attached hydrogens (tertiary/aromatic N) is 4. The first-order valence-electron chi connectivity index (χ1n) is 12.7. The first-order valence-corrected chi connectivity index (χ1v) is 12.7. The van der Waals surface area contributed by atoms with Crippen molar-refractivity contribution < 1.29 is 24.0 Å². The van der Waals surface area contributed by atoms with E-state index in [1.165, 1.54) is 22.4 Å². The smallest absolute Gasteiger partial charge is 0.314 e. The number of benzene rings is 2. The Morgan fingerprint density at radius 1 is 1.21 bits per heavy atom. The molecular formula is C28H31N5O5. The summed E-state index contributed by atoms with van der Waals surface area (Å²) in [6.07, 6.45) is 4.35. The predicted octanol–water partition coefficient (Wildman–Crippen LogP) is 4.41. The molecule has 1 aromatic heterocycles. The summed E-state index contributed by atoms with van der Waals surface area (Å²) in [5.74, 6) is 0.481. The summed E-state index contributed by atoms with van der Waals surface area (Å²) in [6.45, 7) is 4.79. The van der Waals surface area contributed by atoms with Crippen molar-refractivity contribution in [1.82, 2.24) is 15.0 Å². The third-order valence-corrected chi connectivity index (χ3v) is 6.68. The molecule has 0 atom stereocenters. The molecule has 1 fully saturated rings. The van der Waals surface area contributed by atoms with Crippen molar-refractivity contribution in [3.05, 3.63) is 53.1 Å². The quantitative estimate of drug-likeness (QED) is 0.504. The maximum Gasteiger partial charge on any atom is 0.314 e. The molecule has 38 heavy (non-hydrogen) atoms. The molecule has 1 aliphatic carbocycles. The van der Waals surface area contributed by atoms with Crippen LogP contribution in [0.3, 0.4) is 0 Å². The van der Waals surface area contributed by atoms with Gasteiger partial charge in [-0.1, -0.05) is 23.4 Å². The van der Waals surface area contributed by atoms with Gasteiger partial charge in [0.05, 0.1) is 17.6 Å². The lowest BCUT2D eigenvalue weighted by Gasteiger charge is -2.28. The lowest BCUT2D eigenvalue weighted by Crippen LogP contribution is -2.42. The van der Waals surface area contributed by atoms with Crippen LogP contribution in [0.25, 0.3) is 22.8 Å². The molecule has 1 saturated heterocycles. The van der Waals surface area contributed by atoms with Gasteiger partial charge in [-0.05, 0) is 75.3 Å². The first kappa shape index (κ1) is 26.7. The Morgan fingerprint density at radius 3 is 2.63 bits per heavy atom. The fourth-order valence-corrected chi connectivity index (χ4v) is 4.73. The van der Waals surface area contributed by atoms with Gasteiger partial charge in [-0.15, -0.1) is 0 Å². The molecule has 0 bridgehead atoms. The topological polar surface area (TPSA) is 156 Å². The van der Waals surface area contributed by atoms with Crippen LogP contribution in [0.5, 0.6) is 5.75 Å². The summed E-state index contributed by atoms with van der Waals surface area (Å²) in [4.78, 5) is 27.2. The van der Waals surface area contributed by atoms with Crippen LogP contribution < -0.4 is 10.5 Å². The fraction of sp³-hybridized carbons (Fsp3) is 0.393. The van der Waals surface area contributed by atoms with Gasteiger partial charge in [0.25, 0.3) is 5.89 Å². The van der Waals surface area contributed by atoms with Gasteiger partial charge in [0.1, 0.15) is 11.8 Å². The number of piperidine rings is 1. The molecule has 0 unspecified atom stereocenters. The Bertz CT molecular complexity index is 1330. The van der Waals surface area contributed by atoms with Gasteiger partial charge in [0.15, 0.2) is 0 Å². The number of hydrogen-bond donors (Lipinski definition) is 2. The van der Waals surface area contributed by atoms with E-state index in [1.807, 2.05) is 32.0 Å². The molecule has 2 aromatic carbocycles. The average molecular weight is 518 g/mol. The molecule has 2 amide bonds. The number of urea groups is 1. The minimum absolute atomic E-state index is 0.00290. The van der Waals surface area contributed by atoms with Gasteiger partial charge in [-0.2, -0.15) is 10.2 Å². The predicted molar refractivity (Wildman–Crippen MR) is 139 cm³/mol. The summed E-state index contributed by atoms with van der Waals surface area (Å²) in [6, 6.07) is 13.3. The molecule has 0 radical (unpaired) electrons. The zero-order valence-electron chi connectivity index (χ0n) is 21.5. The minimum Gasteiger partial charge on any atom is -0.490 e. The van der Waals surface area contributed by atoms with Crippen LogP contribution >= 0.6 is 0 Å². The van der Waals surface area contributed by atoms with E-state index >= 15 is 0 Å². The van der Waals surface area contributed by atoms with Gasteiger partial charge in [0, 0.05) is 24.2 Å². The molecule has 3 aromatic rings. The van der Waals surface area contributed by atoms with E-state index < -0.39 is 12.0 Å². The van der Waals surface area contributed by atoms with Gasteiger partial charge in [-0.3, -0.25) is 4.79 Å². The zero-order chi connectivity index (χ0) is 27.2.